The standard InChI is InChI=1S/C16H26N6O/c1-16(2)13(11-6-7-23-14(11)16)21-15(17-3)20-10-4-5-12-18-9-19-22(12)8-10/h9-11,13-14H,4-8H2,1-3H3,(H2,17,20,21). The van der Waals surface area contributed by atoms with Crippen LogP contribution in [0.3, 0.4) is 0 Å². The lowest BCUT2D eigenvalue weighted by atomic mass is 9.57. The normalized spacial score (nSPS) is 35.2. The van der Waals surface area contributed by atoms with E-state index in [1.807, 2.05) is 11.7 Å². The number of aromatic nitrogens is 3. The van der Waals surface area contributed by atoms with Crippen LogP contribution in [0.1, 0.15) is 32.5 Å². The smallest absolute Gasteiger partial charge is 0.191 e. The Hall–Kier alpha value is -1.63. The fraction of sp³-hybridized carbons (Fsp3) is 0.812. The lowest BCUT2D eigenvalue weighted by Gasteiger charge is -2.55. The number of rotatable bonds is 2. The van der Waals surface area contributed by atoms with Gasteiger partial charge in [-0.2, -0.15) is 5.10 Å². The molecular formula is C16H26N6O. The quantitative estimate of drug-likeness (QED) is 0.616. The second-order valence-electron chi connectivity index (χ2n) is 7.50. The minimum atomic E-state index is 0.157. The molecule has 4 rings (SSSR count). The first kappa shape index (κ1) is 14.9. The molecule has 2 aliphatic heterocycles. The predicted octanol–water partition coefficient (Wildman–Crippen LogP) is 0.571. The Morgan fingerprint density at radius 2 is 2.26 bits per heavy atom. The van der Waals surface area contributed by atoms with Crippen molar-refractivity contribution in [3.8, 4) is 0 Å². The zero-order valence-corrected chi connectivity index (χ0v) is 14.1. The van der Waals surface area contributed by atoms with Gasteiger partial charge in [0.1, 0.15) is 12.2 Å². The number of aryl methyl sites for hydroxylation is 1. The van der Waals surface area contributed by atoms with Crippen LogP contribution in [0.2, 0.25) is 0 Å². The molecule has 0 bridgehead atoms. The van der Waals surface area contributed by atoms with Crippen LogP contribution < -0.4 is 10.6 Å². The fourth-order valence-electron chi connectivity index (χ4n) is 4.48. The number of fused-ring (bicyclic) bond motifs is 2. The Bertz CT molecular complexity index is 609. The lowest BCUT2D eigenvalue weighted by molar-refractivity contribution is -0.106. The van der Waals surface area contributed by atoms with Gasteiger partial charge in [0.2, 0.25) is 0 Å². The summed E-state index contributed by atoms with van der Waals surface area (Å²) in [5.74, 6) is 2.58. The Balaban J connectivity index is 1.39. The third-order valence-corrected chi connectivity index (χ3v) is 5.76. The third-order valence-electron chi connectivity index (χ3n) is 5.76. The van der Waals surface area contributed by atoms with Gasteiger partial charge in [-0.25, -0.2) is 9.67 Å². The van der Waals surface area contributed by atoms with Gasteiger partial charge in [0.05, 0.1) is 12.6 Å². The van der Waals surface area contributed by atoms with Crippen molar-refractivity contribution >= 4 is 5.96 Å². The molecule has 3 heterocycles. The van der Waals surface area contributed by atoms with Crippen molar-refractivity contribution in [2.24, 2.45) is 16.3 Å². The summed E-state index contributed by atoms with van der Waals surface area (Å²) < 4.78 is 7.86. The number of hydrogen-bond donors (Lipinski definition) is 2. The molecule has 1 saturated heterocycles. The van der Waals surface area contributed by atoms with E-state index in [9.17, 15) is 0 Å². The summed E-state index contributed by atoms with van der Waals surface area (Å²) >= 11 is 0. The lowest BCUT2D eigenvalue weighted by Crippen LogP contribution is -2.68. The highest BCUT2D eigenvalue weighted by Gasteiger charge is 2.59. The van der Waals surface area contributed by atoms with E-state index in [0.29, 0.717) is 24.1 Å². The maximum absolute atomic E-state index is 5.87. The molecule has 126 valence electrons. The van der Waals surface area contributed by atoms with Crippen molar-refractivity contribution in [1.29, 1.82) is 0 Å². The minimum absolute atomic E-state index is 0.157. The van der Waals surface area contributed by atoms with Crippen LogP contribution in [-0.4, -0.2) is 52.6 Å². The average Bonchev–Trinajstić information content (AvgIpc) is 3.18. The molecule has 0 amide bonds. The number of nitrogens with zero attached hydrogens (tertiary/aromatic N) is 4. The van der Waals surface area contributed by atoms with E-state index in [2.05, 4.69) is 39.6 Å². The summed E-state index contributed by atoms with van der Waals surface area (Å²) in [5, 5.41) is 11.5. The highest BCUT2D eigenvalue weighted by Crippen LogP contribution is 2.52. The van der Waals surface area contributed by atoms with Crippen LogP contribution in [0.4, 0.5) is 0 Å². The zero-order chi connectivity index (χ0) is 16.0. The van der Waals surface area contributed by atoms with Crippen LogP contribution in [0.25, 0.3) is 0 Å². The van der Waals surface area contributed by atoms with Gasteiger partial charge in [-0.05, 0) is 12.8 Å². The van der Waals surface area contributed by atoms with Crippen LogP contribution >= 0.6 is 0 Å². The van der Waals surface area contributed by atoms with Gasteiger partial charge in [-0.3, -0.25) is 4.99 Å². The molecule has 2 fully saturated rings. The van der Waals surface area contributed by atoms with Crippen LogP contribution in [0, 0.1) is 11.3 Å². The molecule has 1 aliphatic carbocycles. The summed E-state index contributed by atoms with van der Waals surface area (Å²) in [5.41, 5.74) is 0.157. The van der Waals surface area contributed by atoms with Gasteiger partial charge in [0.15, 0.2) is 5.96 Å². The van der Waals surface area contributed by atoms with Crippen molar-refractivity contribution < 1.29 is 4.74 Å². The monoisotopic (exact) mass is 318 g/mol. The first-order valence-corrected chi connectivity index (χ1v) is 8.57. The van der Waals surface area contributed by atoms with Crippen LogP contribution in [-0.2, 0) is 17.7 Å². The van der Waals surface area contributed by atoms with Crippen molar-refractivity contribution in [2.75, 3.05) is 13.7 Å². The maximum Gasteiger partial charge on any atom is 0.191 e. The number of ether oxygens (including phenoxy) is 1. The molecule has 1 aromatic heterocycles. The van der Waals surface area contributed by atoms with Gasteiger partial charge in [0, 0.05) is 43.5 Å². The first-order chi connectivity index (χ1) is 11.1. The maximum atomic E-state index is 5.87. The number of nitrogens with one attached hydrogen (secondary N) is 2. The fourth-order valence-corrected chi connectivity index (χ4v) is 4.48. The molecule has 1 aromatic rings. The summed E-state index contributed by atoms with van der Waals surface area (Å²) in [6.07, 6.45) is 5.20. The van der Waals surface area contributed by atoms with E-state index in [1.165, 1.54) is 0 Å². The minimum Gasteiger partial charge on any atom is -0.377 e. The third kappa shape index (κ3) is 2.41. The van der Waals surface area contributed by atoms with Crippen molar-refractivity contribution in [3.05, 3.63) is 12.2 Å². The van der Waals surface area contributed by atoms with E-state index < -0.39 is 0 Å². The van der Waals surface area contributed by atoms with E-state index >= 15 is 0 Å². The van der Waals surface area contributed by atoms with Crippen molar-refractivity contribution in [1.82, 2.24) is 25.4 Å². The molecule has 1 saturated carbocycles. The molecule has 0 aromatic carbocycles. The van der Waals surface area contributed by atoms with E-state index in [1.54, 1.807) is 6.33 Å². The number of hydrogen-bond acceptors (Lipinski definition) is 4. The number of guanidine groups is 1. The van der Waals surface area contributed by atoms with Gasteiger partial charge in [-0.1, -0.05) is 13.8 Å². The summed E-state index contributed by atoms with van der Waals surface area (Å²) in [6, 6.07) is 0.765. The molecule has 2 N–H and O–H groups in total. The number of aliphatic imine (C=N–C) groups is 1. The van der Waals surface area contributed by atoms with E-state index in [0.717, 1.165) is 44.2 Å². The largest absolute Gasteiger partial charge is 0.377 e. The second-order valence-corrected chi connectivity index (χ2v) is 7.50. The van der Waals surface area contributed by atoms with E-state index in [-0.39, 0.29) is 5.41 Å². The molecule has 0 radical (unpaired) electrons. The van der Waals surface area contributed by atoms with Crippen LogP contribution in [0.15, 0.2) is 11.3 Å². The van der Waals surface area contributed by atoms with Crippen molar-refractivity contribution in [2.45, 2.75) is 57.8 Å². The molecule has 4 unspecified atom stereocenters. The summed E-state index contributed by atoms with van der Waals surface area (Å²) in [6.45, 7) is 6.30. The Labute approximate surface area is 136 Å². The Morgan fingerprint density at radius 1 is 1.39 bits per heavy atom. The van der Waals surface area contributed by atoms with Gasteiger partial charge < -0.3 is 15.4 Å². The second kappa shape index (κ2) is 5.47. The zero-order valence-electron chi connectivity index (χ0n) is 14.1. The molecule has 23 heavy (non-hydrogen) atoms. The summed E-state index contributed by atoms with van der Waals surface area (Å²) in [4.78, 5) is 8.72. The Morgan fingerprint density at radius 3 is 3.09 bits per heavy atom. The molecular weight excluding hydrogens is 292 g/mol. The predicted molar refractivity (Wildman–Crippen MR) is 87.2 cm³/mol. The average molecular weight is 318 g/mol. The van der Waals surface area contributed by atoms with Crippen molar-refractivity contribution in [3.63, 3.8) is 0 Å². The van der Waals surface area contributed by atoms with Gasteiger partial charge in [-0.15, -0.1) is 0 Å². The van der Waals surface area contributed by atoms with Gasteiger partial charge in [0.25, 0.3) is 0 Å². The van der Waals surface area contributed by atoms with Crippen LogP contribution in [0.5, 0.6) is 0 Å². The summed E-state index contributed by atoms with van der Waals surface area (Å²) in [7, 11) is 1.84. The highest BCUT2D eigenvalue weighted by atomic mass is 16.5. The molecule has 4 atom stereocenters. The SMILES string of the molecule is CN=C(NC1CCc2ncnn2C1)NC1C2CCOC2C1(C)C. The first-order valence-electron chi connectivity index (χ1n) is 8.57. The van der Waals surface area contributed by atoms with Gasteiger partial charge >= 0.3 is 0 Å². The topological polar surface area (TPSA) is 76.4 Å². The Kier molecular flexibility index (Phi) is 3.55. The molecule has 7 nitrogen and oxygen atoms in total. The molecule has 7 heteroatoms. The molecule has 0 spiro atoms. The van der Waals surface area contributed by atoms with E-state index in [4.69, 9.17) is 4.74 Å². The highest BCUT2D eigenvalue weighted by molar-refractivity contribution is 5.80. The molecule has 3 aliphatic rings.